The molecule has 1 N–H and O–H groups in total. The number of allylic oxidation sites excluding steroid dienone is 6. The van der Waals surface area contributed by atoms with E-state index in [9.17, 15) is 5.11 Å². The Bertz CT molecular complexity index is 423. The van der Waals surface area contributed by atoms with Crippen LogP contribution in [0.4, 0.5) is 0 Å². The van der Waals surface area contributed by atoms with E-state index in [1.54, 1.807) is 0 Å². The molecule has 0 bridgehead atoms. The zero-order valence-electron chi connectivity index (χ0n) is 14.1. The van der Waals surface area contributed by atoms with Crippen LogP contribution in [0.3, 0.4) is 0 Å². The molecule has 1 nitrogen and oxygen atoms in total. The average Bonchev–Trinajstić information content (AvgIpc) is 2.45. The van der Waals surface area contributed by atoms with Gasteiger partial charge in [-0.2, -0.15) is 0 Å². The van der Waals surface area contributed by atoms with Gasteiger partial charge in [0.05, 0.1) is 6.61 Å². The van der Waals surface area contributed by atoms with Gasteiger partial charge in [-0.25, -0.2) is 0 Å². The number of aliphatic hydroxyl groups is 1. The summed E-state index contributed by atoms with van der Waals surface area (Å²) in [5, 5.41) is 9.38. The van der Waals surface area contributed by atoms with Crippen LogP contribution in [0.5, 0.6) is 0 Å². The summed E-state index contributed by atoms with van der Waals surface area (Å²) >= 11 is 0. The van der Waals surface area contributed by atoms with Gasteiger partial charge >= 0.3 is 0 Å². The summed E-state index contributed by atoms with van der Waals surface area (Å²) in [5.74, 6) is 0.411. The molecule has 0 radical (unpaired) electrons. The van der Waals surface area contributed by atoms with Crippen molar-refractivity contribution < 1.29 is 5.11 Å². The highest BCUT2D eigenvalue weighted by Crippen LogP contribution is 2.24. The van der Waals surface area contributed by atoms with Gasteiger partial charge < -0.3 is 5.11 Å². The molecule has 0 saturated carbocycles. The number of hydrogen-bond donors (Lipinski definition) is 1. The van der Waals surface area contributed by atoms with E-state index in [2.05, 4.69) is 45.6 Å². The third-order valence-corrected chi connectivity index (χ3v) is 4.48. The SMILES string of the molecule is C=C(CO)[C@H]1CC=C(C)CCC=C(C)CCC=C(C)CC1. The van der Waals surface area contributed by atoms with Crippen LogP contribution in [0.15, 0.2) is 47.1 Å². The van der Waals surface area contributed by atoms with Gasteiger partial charge in [0, 0.05) is 0 Å². The van der Waals surface area contributed by atoms with E-state index in [-0.39, 0.29) is 6.61 Å². The van der Waals surface area contributed by atoms with Crippen LogP contribution in [-0.4, -0.2) is 11.7 Å². The molecule has 1 aliphatic carbocycles. The first-order chi connectivity index (χ1) is 10.0. The van der Waals surface area contributed by atoms with Crippen LogP contribution < -0.4 is 0 Å². The van der Waals surface area contributed by atoms with Crippen LogP contribution >= 0.6 is 0 Å². The summed E-state index contributed by atoms with van der Waals surface area (Å²) in [5.41, 5.74) is 5.42. The van der Waals surface area contributed by atoms with Gasteiger partial charge in [0.15, 0.2) is 0 Å². The number of rotatable bonds is 2. The van der Waals surface area contributed by atoms with E-state index in [1.807, 2.05) is 0 Å². The van der Waals surface area contributed by atoms with Crippen molar-refractivity contribution in [3.05, 3.63) is 47.1 Å². The molecule has 1 rings (SSSR count). The Hall–Kier alpha value is -1.08. The maximum Gasteiger partial charge on any atom is 0.0641 e. The fraction of sp³-hybridized carbons (Fsp3) is 0.600. The highest BCUT2D eigenvalue weighted by molar-refractivity contribution is 5.11. The minimum Gasteiger partial charge on any atom is -0.392 e. The molecule has 0 amide bonds. The van der Waals surface area contributed by atoms with E-state index < -0.39 is 0 Å². The lowest BCUT2D eigenvalue weighted by atomic mass is 9.89. The molecule has 1 atom stereocenters. The first kappa shape index (κ1) is 18.0. The molecule has 1 heteroatoms. The molecule has 0 aromatic heterocycles. The average molecular weight is 288 g/mol. The van der Waals surface area contributed by atoms with E-state index in [0.29, 0.717) is 5.92 Å². The van der Waals surface area contributed by atoms with Crippen molar-refractivity contribution in [2.75, 3.05) is 6.61 Å². The van der Waals surface area contributed by atoms with E-state index in [1.165, 1.54) is 23.1 Å². The molecule has 0 aliphatic heterocycles. The fourth-order valence-corrected chi connectivity index (χ4v) is 2.76. The first-order valence-electron chi connectivity index (χ1n) is 8.28. The normalized spacial score (nSPS) is 22.7. The molecular formula is C20H32O. The zero-order chi connectivity index (χ0) is 15.7. The highest BCUT2D eigenvalue weighted by Gasteiger charge is 2.11. The van der Waals surface area contributed by atoms with Crippen LogP contribution in [0.25, 0.3) is 0 Å². The second kappa shape index (κ2) is 9.78. The summed E-state index contributed by atoms with van der Waals surface area (Å²) in [6.45, 7) is 10.9. The van der Waals surface area contributed by atoms with Crippen molar-refractivity contribution >= 4 is 0 Å². The second-order valence-electron chi connectivity index (χ2n) is 6.52. The van der Waals surface area contributed by atoms with Gasteiger partial charge in [-0.15, -0.1) is 0 Å². The largest absolute Gasteiger partial charge is 0.392 e. The Morgan fingerprint density at radius 3 is 2.10 bits per heavy atom. The van der Waals surface area contributed by atoms with E-state index >= 15 is 0 Å². The molecule has 0 unspecified atom stereocenters. The Kier molecular flexibility index (Phi) is 8.37. The van der Waals surface area contributed by atoms with Gasteiger partial charge in [0.25, 0.3) is 0 Å². The Morgan fingerprint density at radius 2 is 1.52 bits per heavy atom. The van der Waals surface area contributed by atoms with E-state index in [4.69, 9.17) is 0 Å². The monoisotopic (exact) mass is 288 g/mol. The minimum atomic E-state index is 0.113. The summed E-state index contributed by atoms with van der Waals surface area (Å²) in [4.78, 5) is 0. The van der Waals surface area contributed by atoms with Crippen molar-refractivity contribution in [3.8, 4) is 0 Å². The van der Waals surface area contributed by atoms with Crippen molar-refractivity contribution in [1.29, 1.82) is 0 Å². The summed E-state index contributed by atoms with van der Waals surface area (Å²) in [7, 11) is 0. The lowest BCUT2D eigenvalue weighted by Crippen LogP contribution is -2.07. The van der Waals surface area contributed by atoms with Crippen LogP contribution in [0.1, 0.15) is 65.7 Å². The predicted octanol–water partition coefficient (Wildman–Crippen LogP) is 5.73. The van der Waals surface area contributed by atoms with Gasteiger partial charge in [-0.05, 0) is 77.2 Å². The summed E-state index contributed by atoms with van der Waals surface area (Å²) < 4.78 is 0. The molecule has 0 saturated heterocycles. The summed E-state index contributed by atoms with van der Waals surface area (Å²) in [6, 6.07) is 0. The Morgan fingerprint density at radius 1 is 1.00 bits per heavy atom. The van der Waals surface area contributed by atoms with Crippen LogP contribution in [0, 0.1) is 5.92 Å². The predicted molar refractivity (Wildman–Crippen MR) is 93.3 cm³/mol. The molecule has 21 heavy (non-hydrogen) atoms. The molecule has 1 aliphatic rings. The molecule has 118 valence electrons. The van der Waals surface area contributed by atoms with Crippen molar-refractivity contribution in [2.45, 2.75) is 65.7 Å². The molecule has 0 fully saturated rings. The maximum absolute atomic E-state index is 9.38. The van der Waals surface area contributed by atoms with Crippen molar-refractivity contribution in [2.24, 2.45) is 5.92 Å². The smallest absolute Gasteiger partial charge is 0.0641 e. The standard InChI is InChI=1S/C20H32O/c1-16-7-5-9-17(2)11-13-20(19(4)15-21)14-12-18(3)10-6-8-16/h7,10-11,20-21H,4-6,8-9,12-15H2,1-3H3/t20-/m0/s1. The van der Waals surface area contributed by atoms with Gasteiger partial charge in [-0.3, -0.25) is 0 Å². The summed E-state index contributed by atoms with van der Waals surface area (Å²) in [6.07, 6.45) is 14.9. The third-order valence-electron chi connectivity index (χ3n) is 4.48. The van der Waals surface area contributed by atoms with Gasteiger partial charge in [0.1, 0.15) is 0 Å². The molecule has 0 aromatic rings. The van der Waals surface area contributed by atoms with Crippen LogP contribution in [0.2, 0.25) is 0 Å². The van der Waals surface area contributed by atoms with Gasteiger partial charge in [-0.1, -0.05) is 41.5 Å². The molecule has 0 heterocycles. The fourth-order valence-electron chi connectivity index (χ4n) is 2.76. The Labute approximate surface area is 131 Å². The van der Waals surface area contributed by atoms with Crippen molar-refractivity contribution in [1.82, 2.24) is 0 Å². The van der Waals surface area contributed by atoms with Gasteiger partial charge in [0.2, 0.25) is 0 Å². The molecular weight excluding hydrogens is 256 g/mol. The third kappa shape index (κ3) is 7.47. The zero-order valence-corrected chi connectivity index (χ0v) is 14.1. The van der Waals surface area contributed by atoms with Crippen LogP contribution in [-0.2, 0) is 0 Å². The quantitative estimate of drug-likeness (QED) is 0.643. The lowest BCUT2D eigenvalue weighted by Gasteiger charge is -2.17. The number of hydrogen-bond acceptors (Lipinski definition) is 1. The lowest BCUT2D eigenvalue weighted by molar-refractivity contribution is 0.311. The van der Waals surface area contributed by atoms with Crippen molar-refractivity contribution in [3.63, 3.8) is 0 Å². The number of aliphatic hydroxyl groups excluding tert-OH is 1. The Balaban J connectivity index is 2.80. The molecule has 0 aromatic carbocycles. The molecule has 0 spiro atoms. The first-order valence-corrected chi connectivity index (χ1v) is 8.28. The minimum absolute atomic E-state index is 0.113. The topological polar surface area (TPSA) is 20.2 Å². The van der Waals surface area contributed by atoms with E-state index in [0.717, 1.165) is 44.1 Å². The highest BCUT2D eigenvalue weighted by atomic mass is 16.3. The second-order valence-corrected chi connectivity index (χ2v) is 6.52. The maximum atomic E-state index is 9.38.